The second-order valence-corrected chi connectivity index (χ2v) is 5.22. The fourth-order valence-electron chi connectivity index (χ4n) is 1.78. The molecule has 0 aliphatic heterocycles. The van der Waals surface area contributed by atoms with Crippen molar-refractivity contribution in [2.45, 2.75) is 45.6 Å². The Morgan fingerprint density at radius 1 is 1.31 bits per heavy atom. The Bertz CT molecular complexity index is 352. The molecule has 2 N–H and O–H groups in total. The lowest BCUT2D eigenvalue weighted by Crippen LogP contribution is -2.15. The smallest absolute Gasteiger partial charge is 0.122 e. The molecule has 1 rings (SSSR count). The third-order valence-electron chi connectivity index (χ3n) is 2.90. The van der Waals surface area contributed by atoms with E-state index in [1.807, 2.05) is 6.07 Å². The van der Waals surface area contributed by atoms with E-state index in [1.54, 1.807) is 7.11 Å². The Morgan fingerprint density at radius 2 is 1.94 bits per heavy atom. The largest absolute Gasteiger partial charge is 0.496 e. The summed E-state index contributed by atoms with van der Waals surface area (Å²) in [5.41, 5.74) is 8.54. The summed E-state index contributed by atoms with van der Waals surface area (Å²) in [6.07, 6.45) is 0.954. The lowest BCUT2D eigenvalue weighted by Gasteiger charge is -2.24. The number of rotatable bonds is 3. The van der Waals surface area contributed by atoms with Crippen molar-refractivity contribution in [3.8, 4) is 5.75 Å². The molecule has 90 valence electrons. The van der Waals surface area contributed by atoms with Crippen LogP contribution >= 0.6 is 0 Å². The first-order valence-corrected chi connectivity index (χ1v) is 5.84. The molecule has 0 spiro atoms. The van der Waals surface area contributed by atoms with Gasteiger partial charge in [0.25, 0.3) is 0 Å². The standard InChI is InChI=1S/C14H23NO/c1-6-12(15)10-7-8-13(16-5)11(9-10)14(2,3)4/h7-9,12H,6,15H2,1-5H3. The minimum Gasteiger partial charge on any atom is -0.496 e. The van der Waals surface area contributed by atoms with Crippen LogP contribution in [0.15, 0.2) is 18.2 Å². The highest BCUT2D eigenvalue weighted by molar-refractivity contribution is 5.42. The van der Waals surface area contributed by atoms with Crippen molar-refractivity contribution in [3.63, 3.8) is 0 Å². The summed E-state index contributed by atoms with van der Waals surface area (Å²) in [5.74, 6) is 0.944. The molecule has 0 bridgehead atoms. The molecule has 16 heavy (non-hydrogen) atoms. The number of nitrogens with two attached hydrogens (primary N) is 1. The molecule has 0 saturated carbocycles. The zero-order valence-corrected chi connectivity index (χ0v) is 11.0. The minimum absolute atomic E-state index is 0.0782. The first-order valence-electron chi connectivity index (χ1n) is 5.84. The van der Waals surface area contributed by atoms with E-state index < -0.39 is 0 Å². The summed E-state index contributed by atoms with van der Waals surface area (Å²) < 4.78 is 5.40. The topological polar surface area (TPSA) is 35.2 Å². The molecule has 0 aliphatic carbocycles. The number of hydrogen-bond donors (Lipinski definition) is 1. The van der Waals surface area contributed by atoms with Crippen LogP contribution in [-0.4, -0.2) is 7.11 Å². The van der Waals surface area contributed by atoms with E-state index in [2.05, 4.69) is 39.8 Å². The van der Waals surface area contributed by atoms with Crippen LogP contribution < -0.4 is 10.5 Å². The molecule has 1 aromatic carbocycles. The average Bonchev–Trinajstić information content (AvgIpc) is 2.26. The van der Waals surface area contributed by atoms with E-state index in [9.17, 15) is 0 Å². The van der Waals surface area contributed by atoms with Gasteiger partial charge >= 0.3 is 0 Å². The van der Waals surface area contributed by atoms with Crippen LogP contribution in [0.1, 0.15) is 51.3 Å². The Kier molecular flexibility index (Phi) is 3.98. The number of benzene rings is 1. The normalized spacial score (nSPS) is 13.6. The first kappa shape index (κ1) is 13.0. The second-order valence-electron chi connectivity index (χ2n) is 5.22. The highest BCUT2D eigenvalue weighted by Gasteiger charge is 2.20. The fraction of sp³-hybridized carbons (Fsp3) is 0.571. The van der Waals surface area contributed by atoms with Crippen molar-refractivity contribution < 1.29 is 4.74 Å². The SMILES string of the molecule is CCC(N)c1ccc(OC)c(C(C)(C)C)c1. The molecular weight excluding hydrogens is 198 g/mol. The predicted octanol–water partition coefficient (Wildman–Crippen LogP) is 3.40. The van der Waals surface area contributed by atoms with Crippen molar-refractivity contribution in [3.05, 3.63) is 29.3 Å². The van der Waals surface area contributed by atoms with Gasteiger partial charge in [-0.1, -0.05) is 39.8 Å². The number of hydrogen-bond acceptors (Lipinski definition) is 2. The van der Waals surface area contributed by atoms with Gasteiger partial charge in [0, 0.05) is 6.04 Å². The summed E-state index contributed by atoms with van der Waals surface area (Å²) in [5, 5.41) is 0. The van der Waals surface area contributed by atoms with Crippen LogP contribution in [-0.2, 0) is 5.41 Å². The predicted molar refractivity (Wildman–Crippen MR) is 68.9 cm³/mol. The zero-order valence-electron chi connectivity index (χ0n) is 11.0. The highest BCUT2D eigenvalue weighted by atomic mass is 16.5. The van der Waals surface area contributed by atoms with E-state index in [-0.39, 0.29) is 11.5 Å². The van der Waals surface area contributed by atoms with Gasteiger partial charge in [-0.3, -0.25) is 0 Å². The third-order valence-corrected chi connectivity index (χ3v) is 2.90. The fourth-order valence-corrected chi connectivity index (χ4v) is 1.78. The van der Waals surface area contributed by atoms with E-state index >= 15 is 0 Å². The lowest BCUT2D eigenvalue weighted by atomic mass is 9.84. The molecule has 0 radical (unpaired) electrons. The maximum Gasteiger partial charge on any atom is 0.122 e. The maximum absolute atomic E-state index is 6.06. The molecule has 0 amide bonds. The number of ether oxygens (including phenoxy) is 1. The van der Waals surface area contributed by atoms with E-state index in [4.69, 9.17) is 10.5 Å². The van der Waals surface area contributed by atoms with Gasteiger partial charge in [-0.05, 0) is 29.0 Å². The van der Waals surface area contributed by atoms with Gasteiger partial charge in [0.05, 0.1) is 7.11 Å². The molecule has 1 aromatic rings. The van der Waals surface area contributed by atoms with Crippen LogP contribution in [0.2, 0.25) is 0 Å². The van der Waals surface area contributed by atoms with Gasteiger partial charge in [0.1, 0.15) is 5.75 Å². The summed E-state index contributed by atoms with van der Waals surface area (Å²) in [4.78, 5) is 0. The Labute approximate surface area is 98.8 Å². The van der Waals surface area contributed by atoms with Crippen LogP contribution in [0.25, 0.3) is 0 Å². The van der Waals surface area contributed by atoms with Crippen molar-refractivity contribution in [2.75, 3.05) is 7.11 Å². The van der Waals surface area contributed by atoms with Gasteiger partial charge in [-0.2, -0.15) is 0 Å². The maximum atomic E-state index is 6.06. The molecule has 2 heteroatoms. The average molecular weight is 221 g/mol. The lowest BCUT2D eigenvalue weighted by molar-refractivity contribution is 0.397. The van der Waals surface area contributed by atoms with E-state index in [1.165, 1.54) is 11.1 Å². The van der Waals surface area contributed by atoms with Crippen molar-refractivity contribution in [1.29, 1.82) is 0 Å². The summed E-state index contributed by atoms with van der Waals surface area (Å²) in [7, 11) is 1.71. The van der Waals surface area contributed by atoms with Gasteiger partial charge in [-0.15, -0.1) is 0 Å². The van der Waals surface area contributed by atoms with Gasteiger partial charge in [0.15, 0.2) is 0 Å². The molecule has 0 aromatic heterocycles. The molecule has 0 aliphatic rings. The van der Waals surface area contributed by atoms with E-state index in [0.29, 0.717) is 0 Å². The monoisotopic (exact) mass is 221 g/mol. The van der Waals surface area contributed by atoms with Crippen molar-refractivity contribution >= 4 is 0 Å². The van der Waals surface area contributed by atoms with Gasteiger partial charge in [0.2, 0.25) is 0 Å². The Hall–Kier alpha value is -1.02. The number of methoxy groups -OCH3 is 1. The summed E-state index contributed by atoms with van der Waals surface area (Å²) >= 11 is 0. The second kappa shape index (κ2) is 4.88. The van der Waals surface area contributed by atoms with Crippen LogP contribution in [0.5, 0.6) is 5.75 Å². The Balaban J connectivity index is 3.22. The molecule has 2 nitrogen and oxygen atoms in total. The molecular formula is C14H23NO. The van der Waals surface area contributed by atoms with E-state index in [0.717, 1.165) is 12.2 Å². The summed E-state index contributed by atoms with van der Waals surface area (Å²) in [6.45, 7) is 8.66. The first-order chi connectivity index (χ1) is 7.40. The molecule has 1 unspecified atom stereocenters. The third kappa shape index (κ3) is 2.76. The van der Waals surface area contributed by atoms with Crippen LogP contribution in [0.3, 0.4) is 0 Å². The molecule has 0 heterocycles. The van der Waals surface area contributed by atoms with Gasteiger partial charge in [-0.25, -0.2) is 0 Å². The zero-order chi connectivity index (χ0) is 12.3. The molecule has 0 fully saturated rings. The summed E-state index contributed by atoms with van der Waals surface area (Å²) in [6, 6.07) is 6.37. The van der Waals surface area contributed by atoms with Crippen molar-refractivity contribution in [2.24, 2.45) is 5.73 Å². The van der Waals surface area contributed by atoms with Gasteiger partial charge < -0.3 is 10.5 Å². The van der Waals surface area contributed by atoms with Crippen LogP contribution in [0, 0.1) is 0 Å². The van der Waals surface area contributed by atoms with Crippen molar-refractivity contribution in [1.82, 2.24) is 0 Å². The molecule has 0 saturated heterocycles. The highest BCUT2D eigenvalue weighted by Crippen LogP contribution is 2.33. The minimum atomic E-state index is 0.0782. The quantitative estimate of drug-likeness (QED) is 0.849. The van der Waals surface area contributed by atoms with Crippen LogP contribution in [0.4, 0.5) is 0 Å². The Morgan fingerprint density at radius 3 is 2.38 bits per heavy atom. The molecule has 1 atom stereocenters.